The lowest BCUT2D eigenvalue weighted by atomic mass is 9.90. The first-order valence-corrected chi connectivity index (χ1v) is 9.78. The van der Waals surface area contributed by atoms with Crippen molar-refractivity contribution in [3.05, 3.63) is 17.5 Å². The Morgan fingerprint density at radius 2 is 1.85 bits per heavy atom. The minimum atomic E-state index is -0.134. The summed E-state index contributed by atoms with van der Waals surface area (Å²) in [5, 5.41) is 13.2. The fourth-order valence-electron chi connectivity index (χ4n) is 3.82. The van der Waals surface area contributed by atoms with Crippen molar-refractivity contribution in [2.24, 2.45) is 13.0 Å². The van der Waals surface area contributed by atoms with Crippen LogP contribution in [0.1, 0.15) is 61.1 Å². The number of carbonyl (C=O) groups is 3. The van der Waals surface area contributed by atoms with Crippen molar-refractivity contribution in [2.75, 3.05) is 6.54 Å². The average molecular weight is 375 g/mol. The Morgan fingerprint density at radius 3 is 2.41 bits per heavy atom. The van der Waals surface area contributed by atoms with Crippen molar-refractivity contribution >= 4 is 17.7 Å². The molecule has 0 bridgehead atoms. The molecule has 0 spiro atoms. The first-order chi connectivity index (χ1) is 12.9. The molecule has 3 amide bonds. The Hall–Kier alpha value is -2.38. The molecular weight excluding hydrogens is 346 g/mol. The normalized spacial score (nSPS) is 25.6. The van der Waals surface area contributed by atoms with E-state index in [2.05, 4.69) is 21.0 Å². The number of carbonyl (C=O) groups excluding carboxylic acids is 3. The molecule has 8 heteroatoms. The molecule has 2 heterocycles. The summed E-state index contributed by atoms with van der Waals surface area (Å²) in [5.41, 5.74) is 1.40. The summed E-state index contributed by atoms with van der Waals surface area (Å²) in [6, 6.07) is 2.08. The van der Waals surface area contributed by atoms with Gasteiger partial charge >= 0.3 is 0 Å². The second-order valence-electron chi connectivity index (χ2n) is 7.80. The maximum absolute atomic E-state index is 12.3. The molecule has 27 heavy (non-hydrogen) atoms. The van der Waals surface area contributed by atoms with Gasteiger partial charge in [0.2, 0.25) is 11.8 Å². The molecule has 1 aromatic heterocycles. The van der Waals surface area contributed by atoms with E-state index in [9.17, 15) is 14.4 Å². The minimum absolute atomic E-state index is 0.0626. The summed E-state index contributed by atoms with van der Waals surface area (Å²) in [7, 11) is 1.82. The van der Waals surface area contributed by atoms with Gasteiger partial charge in [0.25, 0.3) is 5.91 Å². The van der Waals surface area contributed by atoms with Gasteiger partial charge in [-0.05, 0) is 51.0 Å². The van der Waals surface area contributed by atoms with E-state index in [0.29, 0.717) is 25.1 Å². The highest BCUT2D eigenvalue weighted by Crippen LogP contribution is 2.20. The van der Waals surface area contributed by atoms with Gasteiger partial charge in [-0.1, -0.05) is 0 Å². The van der Waals surface area contributed by atoms with Crippen molar-refractivity contribution in [2.45, 2.75) is 64.0 Å². The standard InChI is InChI=1S/C19H29N5O3/c1-12-9-16(23-24(12)2)19(27)22-15-6-4-14(5-7-15)21-18(26)10-13-3-8-17(25)20-11-13/h9,13-15H,3-8,10-11H2,1-2H3,(H,20,25)(H,21,26)(H,22,27). The number of rotatable bonds is 5. The molecule has 148 valence electrons. The lowest BCUT2D eigenvalue weighted by Gasteiger charge is -2.30. The first-order valence-electron chi connectivity index (χ1n) is 9.78. The Balaban J connectivity index is 1.37. The van der Waals surface area contributed by atoms with Crippen molar-refractivity contribution in [1.82, 2.24) is 25.7 Å². The van der Waals surface area contributed by atoms with E-state index in [1.165, 1.54) is 0 Å². The molecule has 1 saturated carbocycles. The maximum atomic E-state index is 12.3. The predicted molar refractivity (Wildman–Crippen MR) is 99.9 cm³/mol. The van der Waals surface area contributed by atoms with Crippen LogP contribution < -0.4 is 16.0 Å². The quantitative estimate of drug-likeness (QED) is 0.708. The smallest absolute Gasteiger partial charge is 0.272 e. The van der Waals surface area contributed by atoms with Gasteiger partial charge in [-0.3, -0.25) is 19.1 Å². The summed E-state index contributed by atoms with van der Waals surface area (Å²) < 4.78 is 1.69. The van der Waals surface area contributed by atoms with E-state index in [1.807, 2.05) is 14.0 Å². The Labute approximate surface area is 159 Å². The molecule has 2 aliphatic rings. The van der Waals surface area contributed by atoms with Gasteiger partial charge < -0.3 is 16.0 Å². The van der Waals surface area contributed by atoms with Crippen molar-refractivity contribution in [1.29, 1.82) is 0 Å². The summed E-state index contributed by atoms with van der Waals surface area (Å²) in [5.74, 6) is 0.242. The second-order valence-corrected chi connectivity index (χ2v) is 7.80. The SMILES string of the molecule is Cc1cc(C(=O)NC2CCC(NC(=O)CC3CCC(=O)NC3)CC2)nn1C. The van der Waals surface area contributed by atoms with E-state index >= 15 is 0 Å². The van der Waals surface area contributed by atoms with Crippen LogP contribution in [0.25, 0.3) is 0 Å². The highest BCUT2D eigenvalue weighted by atomic mass is 16.2. The van der Waals surface area contributed by atoms with E-state index in [1.54, 1.807) is 10.7 Å². The van der Waals surface area contributed by atoms with E-state index in [0.717, 1.165) is 37.8 Å². The van der Waals surface area contributed by atoms with Gasteiger partial charge in [0.15, 0.2) is 0 Å². The number of aromatic nitrogens is 2. The van der Waals surface area contributed by atoms with Crippen LogP contribution >= 0.6 is 0 Å². The van der Waals surface area contributed by atoms with Gasteiger partial charge in [0, 0.05) is 44.2 Å². The molecule has 3 N–H and O–H groups in total. The number of hydrogen-bond acceptors (Lipinski definition) is 4. The summed E-state index contributed by atoms with van der Waals surface area (Å²) in [6.45, 7) is 2.51. The topological polar surface area (TPSA) is 105 Å². The molecule has 1 aromatic rings. The van der Waals surface area contributed by atoms with E-state index < -0.39 is 0 Å². The summed E-state index contributed by atoms with van der Waals surface area (Å²) >= 11 is 0. The number of nitrogens with one attached hydrogen (secondary N) is 3. The second kappa shape index (κ2) is 8.54. The van der Waals surface area contributed by atoms with Crippen LogP contribution in [0.4, 0.5) is 0 Å². The third-order valence-electron chi connectivity index (χ3n) is 5.62. The molecule has 1 aliphatic heterocycles. The van der Waals surface area contributed by atoms with Crippen LogP contribution in [-0.4, -0.2) is 46.1 Å². The fourth-order valence-corrected chi connectivity index (χ4v) is 3.82. The summed E-state index contributed by atoms with van der Waals surface area (Å²) in [4.78, 5) is 35.7. The lowest BCUT2D eigenvalue weighted by Crippen LogP contribution is -2.45. The molecule has 1 unspecified atom stereocenters. The number of piperidine rings is 1. The zero-order chi connectivity index (χ0) is 19.4. The number of nitrogens with zero attached hydrogens (tertiary/aromatic N) is 2. The van der Waals surface area contributed by atoms with Crippen molar-refractivity contribution in [3.8, 4) is 0 Å². The molecular formula is C19H29N5O3. The van der Waals surface area contributed by atoms with Crippen LogP contribution in [0.15, 0.2) is 6.07 Å². The van der Waals surface area contributed by atoms with Gasteiger partial charge in [-0.15, -0.1) is 0 Å². The van der Waals surface area contributed by atoms with Crippen LogP contribution in [0.3, 0.4) is 0 Å². The van der Waals surface area contributed by atoms with Crippen LogP contribution in [0.5, 0.6) is 0 Å². The van der Waals surface area contributed by atoms with Crippen LogP contribution in [0, 0.1) is 12.8 Å². The van der Waals surface area contributed by atoms with Crippen molar-refractivity contribution in [3.63, 3.8) is 0 Å². The van der Waals surface area contributed by atoms with Gasteiger partial charge in [-0.2, -0.15) is 5.10 Å². The van der Waals surface area contributed by atoms with E-state index in [-0.39, 0.29) is 35.7 Å². The van der Waals surface area contributed by atoms with Crippen LogP contribution in [-0.2, 0) is 16.6 Å². The molecule has 1 aliphatic carbocycles. The van der Waals surface area contributed by atoms with Crippen LogP contribution in [0.2, 0.25) is 0 Å². The predicted octanol–water partition coefficient (Wildman–Crippen LogP) is 0.802. The van der Waals surface area contributed by atoms with Gasteiger partial charge in [-0.25, -0.2) is 0 Å². The largest absolute Gasteiger partial charge is 0.356 e. The molecule has 0 aromatic carbocycles. The maximum Gasteiger partial charge on any atom is 0.272 e. The van der Waals surface area contributed by atoms with E-state index in [4.69, 9.17) is 0 Å². The molecule has 2 fully saturated rings. The Bertz CT molecular complexity index is 677. The zero-order valence-corrected chi connectivity index (χ0v) is 16.1. The molecule has 3 rings (SSSR count). The number of hydrogen-bond donors (Lipinski definition) is 3. The fraction of sp³-hybridized carbons (Fsp3) is 0.684. The summed E-state index contributed by atoms with van der Waals surface area (Å²) in [6.07, 6.45) is 5.18. The highest BCUT2D eigenvalue weighted by Gasteiger charge is 2.26. The van der Waals surface area contributed by atoms with Crippen molar-refractivity contribution < 1.29 is 14.4 Å². The Morgan fingerprint density at radius 1 is 1.19 bits per heavy atom. The molecule has 8 nitrogen and oxygen atoms in total. The number of amides is 3. The molecule has 1 atom stereocenters. The van der Waals surface area contributed by atoms with Gasteiger partial charge in [0.1, 0.15) is 5.69 Å². The number of aryl methyl sites for hydroxylation is 2. The molecule has 0 radical (unpaired) electrons. The average Bonchev–Trinajstić information content (AvgIpc) is 2.98. The third-order valence-corrected chi connectivity index (χ3v) is 5.62. The third kappa shape index (κ3) is 5.30. The highest BCUT2D eigenvalue weighted by molar-refractivity contribution is 5.92. The minimum Gasteiger partial charge on any atom is -0.356 e. The molecule has 1 saturated heterocycles. The lowest BCUT2D eigenvalue weighted by molar-refractivity contribution is -0.126. The first kappa shape index (κ1) is 19.4. The zero-order valence-electron chi connectivity index (χ0n) is 16.1. The Kier molecular flexibility index (Phi) is 6.13. The van der Waals surface area contributed by atoms with Gasteiger partial charge in [0.05, 0.1) is 0 Å². The monoisotopic (exact) mass is 375 g/mol.